The summed E-state index contributed by atoms with van der Waals surface area (Å²) in [5.41, 5.74) is 3.72. The predicted molar refractivity (Wildman–Crippen MR) is 119 cm³/mol. The first-order chi connectivity index (χ1) is 15.1. The number of ether oxygens (including phenoxy) is 2. The highest BCUT2D eigenvalue weighted by molar-refractivity contribution is 7.17. The highest BCUT2D eigenvalue weighted by Gasteiger charge is 2.32. The number of fused-ring (bicyclic) bond motifs is 2. The van der Waals surface area contributed by atoms with Crippen molar-refractivity contribution < 1.29 is 14.6 Å². The Bertz CT molecular complexity index is 1250. The number of benzene rings is 2. The SMILES string of the molecule is COc1ccc(C(c2sc3nc(C)nn3c2O)N2CCc3ccccc3C2)cc1OC. The molecule has 2 aromatic carbocycles. The van der Waals surface area contributed by atoms with Crippen molar-refractivity contribution in [3.63, 3.8) is 0 Å². The van der Waals surface area contributed by atoms with E-state index in [2.05, 4.69) is 39.2 Å². The van der Waals surface area contributed by atoms with E-state index >= 15 is 0 Å². The van der Waals surface area contributed by atoms with Gasteiger partial charge in [0.2, 0.25) is 10.8 Å². The molecule has 31 heavy (non-hydrogen) atoms. The maximum absolute atomic E-state index is 11.1. The molecule has 1 atom stereocenters. The van der Waals surface area contributed by atoms with Crippen LogP contribution in [0.15, 0.2) is 42.5 Å². The summed E-state index contributed by atoms with van der Waals surface area (Å²) in [6.07, 6.45) is 0.959. The average Bonchev–Trinajstić information content (AvgIpc) is 3.30. The third-order valence-corrected chi connectivity index (χ3v) is 6.88. The Labute approximate surface area is 184 Å². The van der Waals surface area contributed by atoms with Gasteiger partial charge < -0.3 is 14.6 Å². The van der Waals surface area contributed by atoms with Crippen LogP contribution < -0.4 is 9.47 Å². The zero-order valence-electron chi connectivity index (χ0n) is 17.7. The lowest BCUT2D eigenvalue weighted by atomic mass is 9.95. The van der Waals surface area contributed by atoms with E-state index in [9.17, 15) is 5.11 Å². The van der Waals surface area contributed by atoms with E-state index in [1.54, 1.807) is 14.2 Å². The second-order valence-corrected chi connectivity index (χ2v) is 8.66. The summed E-state index contributed by atoms with van der Waals surface area (Å²) in [6.45, 7) is 3.50. The zero-order chi connectivity index (χ0) is 21.5. The number of nitrogens with zero attached hydrogens (tertiary/aromatic N) is 4. The highest BCUT2D eigenvalue weighted by atomic mass is 32.1. The number of aryl methyl sites for hydroxylation is 1. The smallest absolute Gasteiger partial charge is 0.230 e. The quantitative estimate of drug-likeness (QED) is 0.510. The van der Waals surface area contributed by atoms with Crippen molar-refractivity contribution in [1.82, 2.24) is 19.5 Å². The van der Waals surface area contributed by atoms with Crippen LogP contribution in [0.4, 0.5) is 0 Å². The second kappa shape index (κ2) is 7.86. The van der Waals surface area contributed by atoms with Crippen LogP contribution in [0.5, 0.6) is 17.4 Å². The van der Waals surface area contributed by atoms with E-state index in [0.717, 1.165) is 30.0 Å². The molecule has 2 aromatic heterocycles. The standard InChI is InChI=1S/C23H24N4O3S/c1-14-24-23-27(25-14)22(28)21(31-23)20(16-8-9-18(29-2)19(12-16)30-3)26-11-10-15-6-4-5-7-17(15)13-26/h4-9,12,20,28H,10-11,13H2,1-3H3. The molecule has 0 bridgehead atoms. The van der Waals surface area contributed by atoms with E-state index in [1.807, 2.05) is 25.1 Å². The van der Waals surface area contributed by atoms with Gasteiger partial charge in [0.05, 0.1) is 25.1 Å². The molecule has 0 saturated carbocycles. The van der Waals surface area contributed by atoms with Gasteiger partial charge in [-0.05, 0) is 42.2 Å². The number of aromatic nitrogens is 3. The molecule has 4 aromatic rings. The number of thiazole rings is 1. The summed E-state index contributed by atoms with van der Waals surface area (Å²) < 4.78 is 12.5. The molecule has 0 amide bonds. The van der Waals surface area contributed by atoms with Crippen LogP contribution in [0.25, 0.3) is 4.96 Å². The Hall–Kier alpha value is -3.10. The van der Waals surface area contributed by atoms with E-state index in [4.69, 9.17) is 9.47 Å². The van der Waals surface area contributed by atoms with Gasteiger partial charge in [0.15, 0.2) is 11.5 Å². The molecule has 0 aliphatic carbocycles. The molecule has 3 heterocycles. The molecule has 0 fully saturated rings. The van der Waals surface area contributed by atoms with Crippen molar-refractivity contribution in [3.8, 4) is 17.4 Å². The van der Waals surface area contributed by atoms with Crippen molar-refractivity contribution in [2.24, 2.45) is 0 Å². The third kappa shape index (κ3) is 3.41. The Morgan fingerprint density at radius 2 is 1.84 bits per heavy atom. The van der Waals surface area contributed by atoms with Gasteiger partial charge in [0, 0.05) is 13.1 Å². The molecule has 5 rings (SSSR count). The van der Waals surface area contributed by atoms with Crippen molar-refractivity contribution in [3.05, 3.63) is 69.9 Å². The number of rotatable bonds is 5. The summed E-state index contributed by atoms with van der Waals surface area (Å²) in [4.78, 5) is 8.36. The topological polar surface area (TPSA) is 72.1 Å². The molecular formula is C23H24N4O3S. The summed E-state index contributed by atoms with van der Waals surface area (Å²) >= 11 is 1.47. The minimum atomic E-state index is -0.165. The highest BCUT2D eigenvalue weighted by Crippen LogP contribution is 2.43. The van der Waals surface area contributed by atoms with Crippen LogP contribution >= 0.6 is 11.3 Å². The van der Waals surface area contributed by atoms with Crippen molar-refractivity contribution in [2.75, 3.05) is 20.8 Å². The molecule has 1 unspecified atom stereocenters. The van der Waals surface area contributed by atoms with Gasteiger partial charge in [-0.25, -0.2) is 4.98 Å². The van der Waals surface area contributed by atoms with Crippen LogP contribution in [0.2, 0.25) is 0 Å². The fourth-order valence-corrected chi connectivity index (χ4v) is 5.48. The zero-order valence-corrected chi connectivity index (χ0v) is 18.5. The van der Waals surface area contributed by atoms with E-state index in [0.29, 0.717) is 22.3 Å². The fraction of sp³-hybridized carbons (Fsp3) is 0.304. The first kappa shape index (κ1) is 19.8. The van der Waals surface area contributed by atoms with Gasteiger partial charge in [0.25, 0.3) is 0 Å². The fourth-order valence-electron chi connectivity index (χ4n) is 4.31. The van der Waals surface area contributed by atoms with Crippen molar-refractivity contribution >= 4 is 16.3 Å². The van der Waals surface area contributed by atoms with Crippen LogP contribution in [0.3, 0.4) is 0 Å². The number of hydrogen-bond donors (Lipinski definition) is 1. The number of aromatic hydroxyl groups is 1. The monoisotopic (exact) mass is 436 g/mol. The van der Waals surface area contributed by atoms with Crippen LogP contribution in [-0.2, 0) is 13.0 Å². The second-order valence-electron chi connectivity index (χ2n) is 7.65. The molecular weight excluding hydrogens is 412 g/mol. The Morgan fingerprint density at radius 3 is 2.58 bits per heavy atom. The molecule has 160 valence electrons. The largest absolute Gasteiger partial charge is 0.493 e. The summed E-state index contributed by atoms with van der Waals surface area (Å²) in [6, 6.07) is 14.3. The van der Waals surface area contributed by atoms with Gasteiger partial charge >= 0.3 is 0 Å². The minimum absolute atomic E-state index is 0.138. The van der Waals surface area contributed by atoms with Crippen molar-refractivity contribution in [1.29, 1.82) is 0 Å². The van der Waals surface area contributed by atoms with Crippen LogP contribution in [0, 0.1) is 6.92 Å². The third-order valence-electron chi connectivity index (χ3n) is 5.80. The van der Waals surface area contributed by atoms with Crippen LogP contribution in [-0.4, -0.2) is 45.4 Å². The molecule has 0 saturated heterocycles. The van der Waals surface area contributed by atoms with Crippen LogP contribution in [0.1, 0.15) is 33.4 Å². The lowest BCUT2D eigenvalue weighted by molar-refractivity contribution is 0.205. The first-order valence-corrected chi connectivity index (χ1v) is 11.0. The minimum Gasteiger partial charge on any atom is -0.493 e. The lowest BCUT2D eigenvalue weighted by Gasteiger charge is -2.35. The Morgan fingerprint density at radius 1 is 1.06 bits per heavy atom. The van der Waals surface area contributed by atoms with E-state index in [1.165, 1.54) is 27.0 Å². The summed E-state index contributed by atoms with van der Waals surface area (Å²) in [7, 11) is 3.27. The normalized spacial score (nSPS) is 15.1. The maximum atomic E-state index is 11.1. The summed E-state index contributed by atoms with van der Waals surface area (Å²) in [5, 5.41) is 15.4. The van der Waals surface area contributed by atoms with Gasteiger partial charge in [-0.2, -0.15) is 4.52 Å². The average molecular weight is 437 g/mol. The Kier molecular flexibility index (Phi) is 5.03. The van der Waals surface area contributed by atoms with Gasteiger partial charge in [-0.3, -0.25) is 4.90 Å². The first-order valence-electron chi connectivity index (χ1n) is 10.2. The Balaban J connectivity index is 1.64. The number of hydrogen-bond acceptors (Lipinski definition) is 7. The molecule has 0 spiro atoms. The molecule has 1 aliphatic rings. The van der Waals surface area contributed by atoms with E-state index in [-0.39, 0.29) is 11.9 Å². The van der Waals surface area contributed by atoms with Gasteiger partial charge in [0.1, 0.15) is 5.82 Å². The number of methoxy groups -OCH3 is 2. The lowest BCUT2D eigenvalue weighted by Crippen LogP contribution is -2.34. The molecule has 1 N–H and O–H groups in total. The molecule has 0 radical (unpaired) electrons. The summed E-state index contributed by atoms with van der Waals surface area (Å²) in [5.74, 6) is 2.12. The molecule has 1 aliphatic heterocycles. The maximum Gasteiger partial charge on any atom is 0.230 e. The molecule has 8 heteroatoms. The molecule has 7 nitrogen and oxygen atoms in total. The van der Waals surface area contributed by atoms with Crippen molar-refractivity contribution in [2.45, 2.75) is 25.9 Å². The van der Waals surface area contributed by atoms with E-state index < -0.39 is 0 Å². The predicted octanol–water partition coefficient (Wildman–Crippen LogP) is 3.97. The van der Waals surface area contributed by atoms with Gasteiger partial charge in [-0.1, -0.05) is 41.7 Å². The van der Waals surface area contributed by atoms with Gasteiger partial charge in [-0.15, -0.1) is 5.10 Å².